The van der Waals surface area contributed by atoms with Gasteiger partial charge in [0.2, 0.25) is 0 Å². The smallest absolute Gasteiger partial charge is 0.335 e. The van der Waals surface area contributed by atoms with Gasteiger partial charge in [-0.15, -0.1) is 0 Å². The third kappa shape index (κ3) is 2.45. The molecule has 1 aromatic carbocycles. The molecule has 0 unspecified atom stereocenters. The monoisotopic (exact) mass is 273 g/mol. The van der Waals surface area contributed by atoms with E-state index in [1.807, 2.05) is 12.1 Å². The summed E-state index contributed by atoms with van der Waals surface area (Å²) in [5.74, 6) is -0.535. The predicted octanol–water partition coefficient (Wildman–Crippen LogP) is 4.44. The highest BCUT2D eigenvalue weighted by atomic mass is 16.4. The first-order valence-electron chi connectivity index (χ1n) is 7.38. The average molecular weight is 273 g/mol. The molecule has 0 bridgehead atoms. The Labute approximate surface area is 120 Å². The van der Waals surface area contributed by atoms with Crippen molar-refractivity contribution in [3.63, 3.8) is 0 Å². The molecule has 1 aromatic heterocycles. The zero-order valence-corrected chi connectivity index (χ0v) is 12.7. The van der Waals surface area contributed by atoms with E-state index in [4.69, 9.17) is 0 Å². The minimum absolute atomic E-state index is 0.312. The number of rotatable bonds is 5. The Morgan fingerprint density at radius 1 is 1.30 bits per heavy atom. The Hall–Kier alpha value is -1.77. The van der Waals surface area contributed by atoms with Crippen molar-refractivity contribution in [2.24, 2.45) is 0 Å². The first-order chi connectivity index (χ1) is 9.49. The van der Waals surface area contributed by atoms with Gasteiger partial charge in [0.05, 0.1) is 11.1 Å². The molecule has 0 saturated heterocycles. The first-order valence-corrected chi connectivity index (χ1v) is 7.38. The number of nitrogens with zero attached hydrogens (tertiary/aromatic N) is 1. The molecule has 2 aromatic rings. The van der Waals surface area contributed by atoms with Gasteiger partial charge in [-0.2, -0.15) is 0 Å². The van der Waals surface area contributed by atoms with E-state index in [0.717, 1.165) is 30.3 Å². The van der Waals surface area contributed by atoms with Gasteiger partial charge in [-0.3, -0.25) is 0 Å². The quantitative estimate of drug-likeness (QED) is 0.875. The van der Waals surface area contributed by atoms with E-state index in [9.17, 15) is 9.90 Å². The molecule has 0 saturated carbocycles. The number of aromatic carboxylic acids is 1. The molecule has 3 nitrogen and oxygen atoms in total. The van der Waals surface area contributed by atoms with Crippen LogP contribution in [0.3, 0.4) is 0 Å². The van der Waals surface area contributed by atoms with Crippen LogP contribution in [0, 0.1) is 0 Å². The first kappa shape index (κ1) is 14.6. The lowest BCUT2D eigenvalue weighted by Crippen LogP contribution is -2.02. The van der Waals surface area contributed by atoms with Crippen LogP contribution in [0.4, 0.5) is 0 Å². The molecule has 0 radical (unpaired) electrons. The molecule has 2 rings (SSSR count). The summed E-state index contributed by atoms with van der Waals surface area (Å²) in [7, 11) is 0. The van der Waals surface area contributed by atoms with Crippen LogP contribution in [-0.2, 0) is 13.0 Å². The fourth-order valence-electron chi connectivity index (χ4n) is 2.83. The maximum Gasteiger partial charge on any atom is 0.335 e. The summed E-state index contributed by atoms with van der Waals surface area (Å²) in [4.78, 5) is 11.4. The molecule has 1 heterocycles. The average Bonchev–Trinajstić information content (AvgIpc) is 2.76. The minimum atomic E-state index is -0.847. The lowest BCUT2D eigenvalue weighted by atomic mass is 9.96. The second-order valence-electron chi connectivity index (χ2n) is 5.61. The highest BCUT2D eigenvalue weighted by Crippen LogP contribution is 2.31. The summed E-state index contributed by atoms with van der Waals surface area (Å²) in [5.41, 5.74) is 3.99. The van der Waals surface area contributed by atoms with E-state index in [-0.39, 0.29) is 0 Å². The summed E-state index contributed by atoms with van der Waals surface area (Å²) in [6.07, 6.45) is 4.24. The summed E-state index contributed by atoms with van der Waals surface area (Å²) in [6, 6.07) is 3.66. The van der Waals surface area contributed by atoms with Gasteiger partial charge in [0, 0.05) is 18.1 Å². The third-order valence-electron chi connectivity index (χ3n) is 3.81. The number of hydrogen-bond donors (Lipinski definition) is 1. The van der Waals surface area contributed by atoms with Gasteiger partial charge in [0.15, 0.2) is 0 Å². The largest absolute Gasteiger partial charge is 0.478 e. The normalized spacial score (nSPS) is 11.4. The van der Waals surface area contributed by atoms with Gasteiger partial charge in [-0.05, 0) is 42.5 Å². The molecule has 20 heavy (non-hydrogen) atoms. The van der Waals surface area contributed by atoms with Gasteiger partial charge in [-0.25, -0.2) is 4.79 Å². The summed E-state index contributed by atoms with van der Waals surface area (Å²) < 4.78 is 2.25. The highest BCUT2D eigenvalue weighted by Gasteiger charge is 2.17. The van der Waals surface area contributed by atoms with E-state index in [2.05, 4.69) is 38.5 Å². The van der Waals surface area contributed by atoms with Crippen LogP contribution in [0.25, 0.3) is 10.9 Å². The Bertz CT molecular complexity index is 638. The van der Waals surface area contributed by atoms with Crippen LogP contribution in [-0.4, -0.2) is 15.6 Å². The standard InChI is InChI=1S/C17H23NO2/c1-5-7-12-10-18(6-2)16-14(11(3)4)8-13(17(19)20)9-15(12)16/h8-11H,5-7H2,1-4H3,(H,19,20). The number of aromatic nitrogens is 1. The van der Waals surface area contributed by atoms with Crippen molar-refractivity contribution < 1.29 is 9.90 Å². The van der Waals surface area contributed by atoms with Crippen molar-refractivity contribution in [3.05, 3.63) is 35.0 Å². The van der Waals surface area contributed by atoms with Gasteiger partial charge in [0.1, 0.15) is 0 Å². The number of benzene rings is 1. The van der Waals surface area contributed by atoms with Crippen LogP contribution >= 0.6 is 0 Å². The number of carbonyl (C=O) groups is 1. The van der Waals surface area contributed by atoms with Gasteiger partial charge in [0.25, 0.3) is 0 Å². The Morgan fingerprint density at radius 3 is 2.50 bits per heavy atom. The fourth-order valence-corrected chi connectivity index (χ4v) is 2.83. The molecular formula is C17H23NO2. The van der Waals surface area contributed by atoms with Crippen molar-refractivity contribution >= 4 is 16.9 Å². The Balaban J connectivity index is 2.82. The molecule has 0 aliphatic rings. The highest BCUT2D eigenvalue weighted by molar-refractivity contribution is 5.97. The fraction of sp³-hybridized carbons (Fsp3) is 0.471. The molecule has 0 atom stereocenters. The van der Waals surface area contributed by atoms with Crippen molar-refractivity contribution in [2.45, 2.75) is 53.0 Å². The summed E-state index contributed by atoms with van der Waals surface area (Å²) in [6.45, 7) is 9.43. The minimum Gasteiger partial charge on any atom is -0.478 e. The second-order valence-corrected chi connectivity index (χ2v) is 5.61. The molecule has 3 heteroatoms. The Morgan fingerprint density at radius 2 is 2.00 bits per heavy atom. The molecule has 0 fully saturated rings. The van der Waals surface area contributed by atoms with Crippen LogP contribution < -0.4 is 0 Å². The molecule has 1 N–H and O–H groups in total. The maximum absolute atomic E-state index is 11.4. The summed E-state index contributed by atoms with van der Waals surface area (Å²) >= 11 is 0. The van der Waals surface area contributed by atoms with Crippen LogP contribution in [0.2, 0.25) is 0 Å². The van der Waals surface area contributed by atoms with Gasteiger partial charge >= 0.3 is 5.97 Å². The van der Waals surface area contributed by atoms with Gasteiger partial charge in [-0.1, -0.05) is 27.2 Å². The topological polar surface area (TPSA) is 42.2 Å². The molecular weight excluding hydrogens is 250 g/mol. The van der Waals surface area contributed by atoms with Crippen molar-refractivity contribution in [2.75, 3.05) is 0 Å². The molecule has 108 valence electrons. The van der Waals surface area contributed by atoms with E-state index < -0.39 is 5.97 Å². The zero-order chi connectivity index (χ0) is 14.9. The lowest BCUT2D eigenvalue weighted by molar-refractivity contribution is 0.0697. The van der Waals surface area contributed by atoms with Gasteiger partial charge < -0.3 is 9.67 Å². The van der Waals surface area contributed by atoms with E-state index in [1.54, 1.807) is 0 Å². The van der Waals surface area contributed by atoms with E-state index in [1.165, 1.54) is 11.1 Å². The van der Waals surface area contributed by atoms with Crippen LogP contribution in [0.1, 0.15) is 61.5 Å². The zero-order valence-electron chi connectivity index (χ0n) is 12.7. The molecule has 0 amide bonds. The second kappa shape index (κ2) is 5.70. The number of carboxylic acid groups (broad SMARTS) is 1. The number of fused-ring (bicyclic) bond motifs is 1. The molecule has 0 aliphatic heterocycles. The van der Waals surface area contributed by atoms with Crippen molar-refractivity contribution in [3.8, 4) is 0 Å². The van der Waals surface area contributed by atoms with Crippen molar-refractivity contribution in [1.29, 1.82) is 0 Å². The molecule has 0 aliphatic carbocycles. The SMILES string of the molecule is CCCc1cn(CC)c2c(C(C)C)cc(C(=O)O)cc12. The molecule has 0 spiro atoms. The van der Waals surface area contributed by atoms with Crippen LogP contribution in [0.15, 0.2) is 18.3 Å². The number of carboxylic acids is 1. The number of aryl methyl sites for hydroxylation is 2. The van der Waals surface area contributed by atoms with Crippen LogP contribution in [0.5, 0.6) is 0 Å². The lowest BCUT2D eigenvalue weighted by Gasteiger charge is -2.12. The number of hydrogen-bond acceptors (Lipinski definition) is 1. The summed E-state index contributed by atoms with van der Waals surface area (Å²) in [5, 5.41) is 10.4. The van der Waals surface area contributed by atoms with Crippen molar-refractivity contribution in [1.82, 2.24) is 4.57 Å². The maximum atomic E-state index is 11.4. The third-order valence-corrected chi connectivity index (χ3v) is 3.81. The van der Waals surface area contributed by atoms with E-state index in [0.29, 0.717) is 11.5 Å². The van der Waals surface area contributed by atoms with E-state index >= 15 is 0 Å². The predicted molar refractivity (Wildman–Crippen MR) is 82.7 cm³/mol. The Kier molecular flexibility index (Phi) is 4.17.